The maximum atomic E-state index is 14.1. The number of benzene rings is 1. The van der Waals surface area contributed by atoms with Gasteiger partial charge in [0.05, 0.1) is 35.1 Å². The van der Waals surface area contributed by atoms with Crippen molar-refractivity contribution in [3.63, 3.8) is 0 Å². The van der Waals surface area contributed by atoms with Gasteiger partial charge in [-0.25, -0.2) is 9.37 Å². The van der Waals surface area contributed by atoms with Gasteiger partial charge >= 0.3 is 0 Å². The average Bonchev–Trinajstić information content (AvgIpc) is 3.42. The Bertz CT molecular complexity index is 1380. The molecule has 1 aromatic carbocycles. The van der Waals surface area contributed by atoms with E-state index >= 15 is 0 Å². The minimum atomic E-state index is -1.58. The topological polar surface area (TPSA) is 128 Å². The first-order chi connectivity index (χ1) is 17.0. The summed E-state index contributed by atoms with van der Waals surface area (Å²) in [6.45, 7) is 8.31. The molecule has 0 radical (unpaired) electrons. The van der Waals surface area contributed by atoms with Gasteiger partial charge in [0, 0.05) is 40.9 Å². The normalized spacial score (nSPS) is 12.7. The number of aromatic amines is 1. The lowest BCUT2D eigenvalue weighted by Crippen LogP contribution is -2.42. The summed E-state index contributed by atoms with van der Waals surface area (Å²) in [7, 11) is 0. The van der Waals surface area contributed by atoms with Gasteiger partial charge < -0.3 is 26.0 Å². The highest BCUT2D eigenvalue weighted by Gasteiger charge is 2.27. The lowest BCUT2D eigenvalue weighted by molar-refractivity contribution is -0.00178. The summed E-state index contributed by atoms with van der Waals surface area (Å²) in [5.41, 5.74) is 4.34. The zero-order chi connectivity index (χ0) is 26.0. The number of amides is 1. The van der Waals surface area contributed by atoms with E-state index in [0.29, 0.717) is 22.8 Å². The largest absolute Gasteiger partial charge is 0.387 e. The summed E-state index contributed by atoms with van der Waals surface area (Å²) in [6, 6.07) is 9.53. The Hall–Kier alpha value is -3.57. The molecule has 0 aliphatic heterocycles. The van der Waals surface area contributed by atoms with Gasteiger partial charge in [-0.1, -0.05) is 0 Å². The van der Waals surface area contributed by atoms with Crippen LogP contribution in [-0.4, -0.2) is 54.1 Å². The Balaban J connectivity index is 1.58. The summed E-state index contributed by atoms with van der Waals surface area (Å²) in [5.74, 6) is 0.227. The number of fused-ring (bicyclic) bond motifs is 1. The highest BCUT2D eigenvalue weighted by molar-refractivity contribution is 7.00. The molecule has 0 saturated heterocycles. The molecule has 0 fully saturated rings. The third-order valence-electron chi connectivity index (χ3n) is 5.63. The number of anilines is 3. The van der Waals surface area contributed by atoms with Gasteiger partial charge in [-0.15, -0.1) is 0 Å². The van der Waals surface area contributed by atoms with E-state index in [1.807, 2.05) is 38.1 Å². The summed E-state index contributed by atoms with van der Waals surface area (Å²) in [4.78, 5) is 20.5. The van der Waals surface area contributed by atoms with Crippen LogP contribution in [0.5, 0.6) is 0 Å². The SMILES string of the molecule is Cc1[nH]c(-c2cnc(Nc3ccc4nsnc4c3)cc2NC(C)C)cc1C(=O)NCC(F)C(C)(C)O. The lowest BCUT2D eigenvalue weighted by Gasteiger charge is -2.22. The third-order valence-corrected chi connectivity index (χ3v) is 6.19. The fraction of sp³-hybridized carbons (Fsp3) is 0.360. The number of pyridine rings is 1. The summed E-state index contributed by atoms with van der Waals surface area (Å²) in [5, 5.41) is 19.1. The minimum absolute atomic E-state index is 0.151. The van der Waals surface area contributed by atoms with Crippen LogP contribution in [0.1, 0.15) is 43.7 Å². The molecule has 1 atom stereocenters. The van der Waals surface area contributed by atoms with Gasteiger partial charge in [0.1, 0.15) is 23.0 Å². The Morgan fingerprint density at radius 1 is 1.19 bits per heavy atom. The van der Waals surface area contributed by atoms with E-state index < -0.39 is 17.7 Å². The van der Waals surface area contributed by atoms with Gasteiger partial charge in [0.25, 0.3) is 5.91 Å². The fourth-order valence-electron chi connectivity index (χ4n) is 3.64. The Morgan fingerprint density at radius 3 is 2.67 bits per heavy atom. The molecule has 36 heavy (non-hydrogen) atoms. The monoisotopic (exact) mass is 511 g/mol. The number of rotatable bonds is 9. The predicted molar refractivity (Wildman–Crippen MR) is 142 cm³/mol. The molecule has 1 unspecified atom stereocenters. The molecule has 0 aliphatic rings. The zero-order valence-corrected chi connectivity index (χ0v) is 21.6. The molecule has 3 heterocycles. The number of nitrogens with zero attached hydrogens (tertiary/aromatic N) is 3. The number of carbonyl (C=O) groups is 1. The van der Waals surface area contributed by atoms with Crippen LogP contribution < -0.4 is 16.0 Å². The van der Waals surface area contributed by atoms with Crippen molar-refractivity contribution >= 4 is 45.9 Å². The second-order valence-electron chi connectivity index (χ2n) is 9.56. The lowest BCUT2D eigenvalue weighted by atomic mass is 10.0. The molecular formula is C25H30FN7O2S. The van der Waals surface area contributed by atoms with Gasteiger partial charge in [-0.2, -0.15) is 8.75 Å². The minimum Gasteiger partial charge on any atom is -0.387 e. The molecule has 0 bridgehead atoms. The number of hydrogen-bond donors (Lipinski definition) is 5. The maximum Gasteiger partial charge on any atom is 0.253 e. The van der Waals surface area contributed by atoms with Crippen LogP contribution in [0.15, 0.2) is 36.5 Å². The number of aryl methyl sites for hydroxylation is 1. The van der Waals surface area contributed by atoms with Crippen LogP contribution >= 0.6 is 11.7 Å². The van der Waals surface area contributed by atoms with E-state index in [0.717, 1.165) is 28.0 Å². The fourth-order valence-corrected chi connectivity index (χ4v) is 4.16. The second-order valence-corrected chi connectivity index (χ2v) is 10.1. The molecule has 190 valence electrons. The molecule has 1 amide bonds. The molecule has 0 spiro atoms. The second kappa shape index (κ2) is 10.2. The third kappa shape index (κ3) is 5.80. The Labute approximate surface area is 212 Å². The number of H-pyrrole nitrogens is 1. The number of halogens is 1. The number of aliphatic hydroxyl groups is 1. The number of hydrogen-bond acceptors (Lipinski definition) is 8. The van der Waals surface area contributed by atoms with Crippen LogP contribution in [-0.2, 0) is 0 Å². The number of carbonyl (C=O) groups excluding carboxylic acids is 1. The standard InChI is InChI=1S/C25H30FN7O2S/c1-13(2)29-20-10-23(31-15-6-7-18-21(8-15)33-36-32-18)27-11-17(20)19-9-16(14(3)30-19)24(34)28-12-22(26)25(4,5)35/h6-11,13,22,30,35H,12H2,1-5H3,(H,28,34)(H2,27,29,31). The Kier molecular flexibility index (Phi) is 7.23. The molecule has 0 aliphatic carbocycles. The molecular weight excluding hydrogens is 481 g/mol. The van der Waals surface area contributed by atoms with Crippen LogP contribution in [0.4, 0.5) is 21.6 Å². The van der Waals surface area contributed by atoms with E-state index in [1.165, 1.54) is 25.6 Å². The molecule has 4 aromatic rings. The number of alkyl halides is 1. The highest BCUT2D eigenvalue weighted by Crippen LogP contribution is 2.32. The first-order valence-corrected chi connectivity index (χ1v) is 12.3. The van der Waals surface area contributed by atoms with Crippen molar-refractivity contribution in [3.05, 3.63) is 47.8 Å². The molecule has 0 saturated carbocycles. The van der Waals surface area contributed by atoms with Crippen molar-refractivity contribution < 1.29 is 14.3 Å². The summed E-state index contributed by atoms with van der Waals surface area (Å²) < 4.78 is 22.6. The average molecular weight is 512 g/mol. The van der Waals surface area contributed by atoms with Crippen molar-refractivity contribution in [3.8, 4) is 11.3 Å². The van der Waals surface area contributed by atoms with Crippen molar-refractivity contribution in [2.75, 3.05) is 17.2 Å². The smallest absolute Gasteiger partial charge is 0.253 e. The van der Waals surface area contributed by atoms with E-state index in [1.54, 1.807) is 19.2 Å². The number of aromatic nitrogens is 4. The van der Waals surface area contributed by atoms with Gasteiger partial charge in [0.15, 0.2) is 0 Å². The summed E-state index contributed by atoms with van der Waals surface area (Å²) >= 11 is 1.17. The quantitative estimate of drug-likeness (QED) is 0.219. The molecule has 11 heteroatoms. The van der Waals surface area contributed by atoms with Crippen LogP contribution in [0.2, 0.25) is 0 Å². The molecule has 4 rings (SSSR count). The summed E-state index contributed by atoms with van der Waals surface area (Å²) in [6.07, 6.45) is 0.146. The van der Waals surface area contributed by atoms with E-state index in [2.05, 4.69) is 34.7 Å². The van der Waals surface area contributed by atoms with Crippen LogP contribution in [0.3, 0.4) is 0 Å². The molecule has 5 N–H and O–H groups in total. The Morgan fingerprint density at radius 2 is 1.94 bits per heavy atom. The maximum absolute atomic E-state index is 14.1. The van der Waals surface area contributed by atoms with Crippen LogP contribution in [0, 0.1) is 6.92 Å². The zero-order valence-electron chi connectivity index (χ0n) is 20.8. The van der Waals surface area contributed by atoms with Crippen LogP contribution in [0.25, 0.3) is 22.3 Å². The van der Waals surface area contributed by atoms with E-state index in [-0.39, 0.29) is 12.6 Å². The van der Waals surface area contributed by atoms with E-state index in [9.17, 15) is 14.3 Å². The van der Waals surface area contributed by atoms with Gasteiger partial charge in [0.2, 0.25) is 0 Å². The van der Waals surface area contributed by atoms with Crippen molar-refractivity contribution in [1.29, 1.82) is 0 Å². The van der Waals surface area contributed by atoms with Crippen molar-refractivity contribution in [2.24, 2.45) is 0 Å². The molecule has 9 nitrogen and oxygen atoms in total. The van der Waals surface area contributed by atoms with E-state index in [4.69, 9.17) is 0 Å². The van der Waals surface area contributed by atoms with Crippen molar-refractivity contribution in [2.45, 2.75) is 52.4 Å². The predicted octanol–water partition coefficient (Wildman–Crippen LogP) is 4.79. The first kappa shape index (κ1) is 25.5. The van der Waals surface area contributed by atoms with Gasteiger partial charge in [-0.05, 0) is 58.9 Å². The first-order valence-electron chi connectivity index (χ1n) is 11.6. The van der Waals surface area contributed by atoms with Gasteiger partial charge in [-0.3, -0.25) is 4.79 Å². The van der Waals surface area contributed by atoms with Crippen molar-refractivity contribution in [1.82, 2.24) is 24.0 Å². The number of nitrogens with one attached hydrogen (secondary N) is 4. The highest BCUT2D eigenvalue weighted by atomic mass is 32.1. The molecule has 3 aromatic heterocycles.